The highest BCUT2D eigenvalue weighted by molar-refractivity contribution is 8.14. The van der Waals surface area contributed by atoms with Gasteiger partial charge in [-0.2, -0.15) is 10.5 Å². The van der Waals surface area contributed by atoms with E-state index >= 15 is 0 Å². The monoisotopic (exact) mass is 350 g/mol. The third-order valence-corrected chi connectivity index (χ3v) is 5.08. The van der Waals surface area contributed by atoms with Crippen LogP contribution in [0.5, 0.6) is 0 Å². The number of nitrogens with one attached hydrogen (secondary N) is 2. The van der Waals surface area contributed by atoms with Gasteiger partial charge in [0.05, 0.1) is 22.2 Å². The highest BCUT2D eigenvalue weighted by atomic mass is 32.2. The van der Waals surface area contributed by atoms with Gasteiger partial charge in [0, 0.05) is 9.79 Å². The summed E-state index contributed by atoms with van der Waals surface area (Å²) in [5.74, 6) is -1.91. The number of thioether (sulfide) groups is 2. The van der Waals surface area contributed by atoms with Gasteiger partial charge in [0.1, 0.15) is 11.8 Å². The second kappa shape index (κ2) is 8.93. The summed E-state index contributed by atoms with van der Waals surface area (Å²) in [7, 11) is 0. The molecule has 2 unspecified atom stereocenters. The van der Waals surface area contributed by atoms with Gasteiger partial charge in [-0.25, -0.2) is 0 Å². The van der Waals surface area contributed by atoms with Crippen molar-refractivity contribution in [3.63, 3.8) is 0 Å². The topological polar surface area (TPSA) is 95.3 Å². The van der Waals surface area contributed by atoms with Crippen LogP contribution in [0.25, 0.3) is 0 Å². The molecule has 0 amide bonds. The van der Waals surface area contributed by atoms with Crippen molar-refractivity contribution in [2.75, 3.05) is 0 Å². The predicted molar refractivity (Wildman–Crippen MR) is 98.3 cm³/mol. The van der Waals surface area contributed by atoms with Crippen LogP contribution in [-0.2, 0) is 0 Å². The predicted octanol–water partition coefficient (Wildman–Crippen LogP) is 4.81. The van der Waals surface area contributed by atoms with Crippen molar-refractivity contribution >= 4 is 33.6 Å². The Kier molecular flexibility index (Phi) is 6.62. The smallest absolute Gasteiger partial charge is 0.116 e. The Bertz CT molecular complexity index is 722. The summed E-state index contributed by atoms with van der Waals surface area (Å²) in [6, 6.07) is 22.6. The summed E-state index contributed by atoms with van der Waals surface area (Å²) in [6.45, 7) is 0. The van der Waals surface area contributed by atoms with E-state index in [4.69, 9.17) is 10.8 Å². The Morgan fingerprint density at radius 3 is 1.33 bits per heavy atom. The van der Waals surface area contributed by atoms with Gasteiger partial charge < -0.3 is 0 Å². The molecule has 0 bridgehead atoms. The molecule has 0 saturated heterocycles. The Balaban J connectivity index is 2.11. The third-order valence-electron chi connectivity index (χ3n) is 3.12. The molecular weight excluding hydrogens is 336 g/mol. The fourth-order valence-electron chi connectivity index (χ4n) is 1.93. The molecule has 2 aromatic carbocycles. The first-order valence-electron chi connectivity index (χ1n) is 7.07. The highest BCUT2D eigenvalue weighted by Crippen LogP contribution is 2.31. The number of hydrogen-bond acceptors (Lipinski definition) is 6. The van der Waals surface area contributed by atoms with Gasteiger partial charge in [-0.05, 0) is 24.3 Å². The second-order valence-electron chi connectivity index (χ2n) is 4.77. The van der Waals surface area contributed by atoms with Gasteiger partial charge in [0.15, 0.2) is 0 Å². The van der Waals surface area contributed by atoms with Crippen LogP contribution in [0.1, 0.15) is 0 Å². The molecule has 0 radical (unpaired) electrons. The maximum Gasteiger partial charge on any atom is 0.116 e. The summed E-state index contributed by atoms with van der Waals surface area (Å²) >= 11 is 2.29. The third kappa shape index (κ3) is 4.73. The van der Waals surface area contributed by atoms with E-state index in [-0.39, 0.29) is 10.1 Å². The van der Waals surface area contributed by atoms with E-state index in [0.717, 1.165) is 33.3 Å². The average Bonchev–Trinajstić information content (AvgIpc) is 2.61. The maximum atomic E-state index is 9.43. The molecule has 0 aromatic heterocycles. The minimum atomic E-state index is -0.955. The van der Waals surface area contributed by atoms with E-state index in [1.165, 1.54) is 0 Å². The molecule has 0 aliphatic heterocycles. The van der Waals surface area contributed by atoms with Crippen molar-refractivity contribution in [1.82, 2.24) is 0 Å². The Labute approximate surface area is 149 Å². The molecule has 4 nitrogen and oxygen atoms in total. The number of nitrogens with zero attached hydrogens (tertiary/aromatic N) is 2. The molecule has 2 rings (SSSR count). The second-order valence-corrected chi connectivity index (χ2v) is 7.00. The Morgan fingerprint density at radius 2 is 1.04 bits per heavy atom. The summed E-state index contributed by atoms with van der Waals surface area (Å²) < 4.78 is 0. The number of nitriles is 2. The molecule has 0 spiro atoms. The molecule has 0 saturated carbocycles. The molecule has 2 atom stereocenters. The molecule has 0 aliphatic rings. The van der Waals surface area contributed by atoms with Gasteiger partial charge in [-0.15, -0.1) is 0 Å². The van der Waals surface area contributed by atoms with E-state index in [2.05, 4.69) is 0 Å². The van der Waals surface area contributed by atoms with Crippen LogP contribution < -0.4 is 0 Å². The lowest BCUT2D eigenvalue weighted by Gasteiger charge is -2.16. The van der Waals surface area contributed by atoms with E-state index in [1.54, 1.807) is 0 Å². The van der Waals surface area contributed by atoms with E-state index in [0.29, 0.717) is 0 Å². The highest BCUT2D eigenvalue weighted by Gasteiger charge is 2.30. The van der Waals surface area contributed by atoms with Crippen molar-refractivity contribution in [2.45, 2.75) is 9.79 Å². The molecule has 24 heavy (non-hydrogen) atoms. The first kappa shape index (κ1) is 17.8. The zero-order valence-electron chi connectivity index (χ0n) is 12.6. The SMILES string of the molecule is N#CC(C(=N)Sc1ccccc1)C(C#N)C(=N)Sc1ccccc1. The van der Waals surface area contributed by atoms with Gasteiger partial charge in [0.25, 0.3) is 0 Å². The molecule has 0 fully saturated rings. The van der Waals surface area contributed by atoms with Crippen LogP contribution in [0.4, 0.5) is 0 Å². The Morgan fingerprint density at radius 1 is 0.708 bits per heavy atom. The fraction of sp³-hybridized carbons (Fsp3) is 0.111. The van der Waals surface area contributed by atoms with Crippen LogP contribution in [0.15, 0.2) is 70.5 Å². The van der Waals surface area contributed by atoms with Crippen LogP contribution in [0, 0.1) is 45.3 Å². The van der Waals surface area contributed by atoms with Crippen LogP contribution in [0.3, 0.4) is 0 Å². The lowest BCUT2D eigenvalue weighted by atomic mass is 9.97. The molecule has 2 aromatic rings. The van der Waals surface area contributed by atoms with Crippen molar-refractivity contribution < 1.29 is 0 Å². The van der Waals surface area contributed by atoms with Gasteiger partial charge in [-0.1, -0.05) is 59.9 Å². The summed E-state index contributed by atoms with van der Waals surface area (Å²) in [6.07, 6.45) is 0. The molecule has 6 heteroatoms. The lowest BCUT2D eigenvalue weighted by molar-refractivity contribution is 0.787. The number of hydrogen-bond donors (Lipinski definition) is 2. The summed E-state index contributed by atoms with van der Waals surface area (Å²) in [5, 5.41) is 35.4. The molecular formula is C18H14N4S2. The van der Waals surface area contributed by atoms with Crippen LogP contribution >= 0.6 is 23.5 Å². The molecule has 0 heterocycles. The maximum absolute atomic E-state index is 9.43. The zero-order valence-corrected chi connectivity index (χ0v) is 14.3. The van der Waals surface area contributed by atoms with Crippen LogP contribution in [-0.4, -0.2) is 10.1 Å². The minimum Gasteiger partial charge on any atom is -0.297 e. The standard InChI is InChI=1S/C18H14N4S2/c19-11-15(17(21)23-13-7-3-1-4-8-13)16(12-20)18(22)24-14-9-5-2-6-10-14/h1-10,15-16,21-22H. The largest absolute Gasteiger partial charge is 0.297 e. The molecule has 2 N–H and O–H groups in total. The van der Waals surface area contributed by atoms with Gasteiger partial charge >= 0.3 is 0 Å². The lowest BCUT2D eigenvalue weighted by Crippen LogP contribution is -2.24. The van der Waals surface area contributed by atoms with E-state index < -0.39 is 11.8 Å². The van der Waals surface area contributed by atoms with Gasteiger partial charge in [-0.3, -0.25) is 10.8 Å². The quantitative estimate of drug-likeness (QED) is 0.460. The normalized spacial score (nSPS) is 12.4. The van der Waals surface area contributed by atoms with Crippen LogP contribution in [0.2, 0.25) is 0 Å². The zero-order chi connectivity index (χ0) is 17.4. The van der Waals surface area contributed by atoms with Crippen molar-refractivity contribution in [2.24, 2.45) is 11.8 Å². The van der Waals surface area contributed by atoms with E-state index in [9.17, 15) is 10.5 Å². The fourth-order valence-corrected chi connectivity index (χ4v) is 3.65. The van der Waals surface area contributed by atoms with Crippen molar-refractivity contribution in [3.05, 3.63) is 60.7 Å². The van der Waals surface area contributed by atoms with Gasteiger partial charge in [0.2, 0.25) is 0 Å². The summed E-state index contributed by atoms with van der Waals surface area (Å²) in [5.41, 5.74) is 0. The molecule has 118 valence electrons. The van der Waals surface area contributed by atoms with Crippen molar-refractivity contribution in [1.29, 1.82) is 21.3 Å². The molecule has 0 aliphatic carbocycles. The minimum absolute atomic E-state index is 0.0775. The first-order valence-corrected chi connectivity index (χ1v) is 8.71. The number of rotatable bonds is 5. The van der Waals surface area contributed by atoms with Crippen molar-refractivity contribution in [3.8, 4) is 12.1 Å². The van der Waals surface area contributed by atoms with E-state index in [1.807, 2.05) is 72.8 Å². The first-order chi connectivity index (χ1) is 11.7. The summed E-state index contributed by atoms with van der Waals surface area (Å²) in [4.78, 5) is 1.67. The Hall–Kier alpha value is -2.54. The number of benzene rings is 2. The average molecular weight is 350 g/mol.